The average molecular weight is 367 g/mol. The normalized spacial score (nSPS) is 10.6. The average Bonchev–Trinajstić information content (AvgIpc) is 3.08. The zero-order valence-corrected chi connectivity index (χ0v) is 15.1. The van der Waals surface area contributed by atoms with Crippen LogP contribution in [0.1, 0.15) is 24.5 Å². The monoisotopic (exact) mass is 367 g/mol. The number of aryl methyl sites for hydroxylation is 1. The number of rotatable bonds is 7. The van der Waals surface area contributed by atoms with E-state index in [0.717, 1.165) is 34.9 Å². The molecule has 0 aliphatic rings. The fourth-order valence-corrected chi connectivity index (χ4v) is 2.72. The molecule has 1 N–H and O–H groups in total. The Morgan fingerprint density at radius 3 is 2.63 bits per heavy atom. The number of benzene rings is 2. The molecule has 0 atom stereocenters. The van der Waals surface area contributed by atoms with Crippen LogP contribution in [0.4, 0.5) is 4.79 Å². The number of esters is 1. The van der Waals surface area contributed by atoms with Crippen LogP contribution in [-0.4, -0.2) is 23.7 Å². The number of hydrogen-bond acceptors (Lipinski definition) is 5. The third-order valence-electron chi connectivity index (χ3n) is 4.01. The van der Waals surface area contributed by atoms with Crippen molar-refractivity contribution in [2.45, 2.75) is 26.4 Å². The minimum absolute atomic E-state index is 0.127. The molecule has 6 nitrogen and oxygen atoms in total. The van der Waals surface area contributed by atoms with E-state index in [1.807, 2.05) is 42.6 Å². The minimum Gasteiger partial charge on any atom is -0.458 e. The quantitative estimate of drug-likeness (QED) is 0.495. The third kappa shape index (κ3) is 5.10. The summed E-state index contributed by atoms with van der Waals surface area (Å²) in [6.07, 6.45) is 2.96. The van der Waals surface area contributed by atoms with Gasteiger partial charge >= 0.3 is 12.1 Å². The first kappa shape index (κ1) is 18.5. The number of fused-ring (bicyclic) bond motifs is 1. The molecule has 0 aliphatic carbocycles. The first-order valence-electron chi connectivity index (χ1n) is 8.80. The van der Waals surface area contributed by atoms with Crippen LogP contribution >= 0.6 is 0 Å². The van der Waals surface area contributed by atoms with Crippen LogP contribution < -0.4 is 4.74 Å². The first-order valence-corrected chi connectivity index (χ1v) is 8.80. The number of aromatic amines is 1. The molecule has 6 heteroatoms. The predicted molar refractivity (Wildman–Crippen MR) is 101 cm³/mol. The van der Waals surface area contributed by atoms with Gasteiger partial charge in [-0.05, 0) is 35.7 Å². The van der Waals surface area contributed by atoms with Crippen LogP contribution in [-0.2, 0) is 27.3 Å². The molecule has 0 aliphatic heterocycles. The maximum atomic E-state index is 11.8. The first-order chi connectivity index (χ1) is 13.2. The lowest BCUT2D eigenvalue weighted by molar-refractivity contribution is -0.148. The van der Waals surface area contributed by atoms with E-state index < -0.39 is 18.7 Å². The van der Waals surface area contributed by atoms with Gasteiger partial charge in [0.15, 0.2) is 6.61 Å². The third-order valence-corrected chi connectivity index (χ3v) is 4.01. The Kier molecular flexibility index (Phi) is 6.10. The smallest absolute Gasteiger partial charge is 0.458 e. The van der Waals surface area contributed by atoms with E-state index in [2.05, 4.69) is 11.9 Å². The van der Waals surface area contributed by atoms with E-state index in [-0.39, 0.29) is 6.61 Å². The fraction of sp³-hybridized carbons (Fsp3) is 0.238. The second-order valence-electron chi connectivity index (χ2n) is 6.06. The maximum absolute atomic E-state index is 11.8. The standard InChI is InChI=1S/C21H21NO5/c1-2-6-16-12-22-19-10-9-17(11-18(16)19)27-21(24)26-14-20(23)25-13-15-7-4-3-5-8-15/h3-5,7-12,22H,2,6,13-14H2,1H3. The summed E-state index contributed by atoms with van der Waals surface area (Å²) in [5, 5.41) is 1.00. The van der Waals surface area contributed by atoms with Crippen LogP contribution in [0.3, 0.4) is 0 Å². The zero-order valence-electron chi connectivity index (χ0n) is 15.1. The molecule has 1 aromatic heterocycles. The van der Waals surface area contributed by atoms with E-state index in [0.29, 0.717) is 5.75 Å². The van der Waals surface area contributed by atoms with Gasteiger partial charge in [0.25, 0.3) is 0 Å². The SMILES string of the molecule is CCCc1c[nH]c2ccc(OC(=O)OCC(=O)OCc3ccccc3)cc12. The van der Waals surface area contributed by atoms with Gasteiger partial charge in [0, 0.05) is 17.1 Å². The van der Waals surface area contributed by atoms with Crippen LogP contribution in [0.2, 0.25) is 0 Å². The molecule has 0 saturated heterocycles. The summed E-state index contributed by atoms with van der Waals surface area (Å²) in [7, 11) is 0. The van der Waals surface area contributed by atoms with Crippen LogP contribution in [0.5, 0.6) is 5.75 Å². The number of ether oxygens (including phenoxy) is 3. The molecule has 1 heterocycles. The molecule has 0 bridgehead atoms. The van der Waals surface area contributed by atoms with E-state index >= 15 is 0 Å². The number of H-pyrrole nitrogens is 1. The van der Waals surface area contributed by atoms with Gasteiger partial charge in [0.1, 0.15) is 12.4 Å². The summed E-state index contributed by atoms with van der Waals surface area (Å²) in [6.45, 7) is 1.73. The highest BCUT2D eigenvalue weighted by Crippen LogP contribution is 2.25. The summed E-state index contributed by atoms with van der Waals surface area (Å²) in [5.41, 5.74) is 3.00. The van der Waals surface area contributed by atoms with Gasteiger partial charge in [-0.15, -0.1) is 0 Å². The molecule has 3 rings (SSSR count). The lowest BCUT2D eigenvalue weighted by atomic mass is 10.1. The van der Waals surface area contributed by atoms with Crippen molar-refractivity contribution in [3.8, 4) is 5.75 Å². The number of hydrogen-bond donors (Lipinski definition) is 1. The van der Waals surface area contributed by atoms with Gasteiger partial charge < -0.3 is 19.2 Å². The summed E-state index contributed by atoms with van der Waals surface area (Å²) in [5.74, 6) is -0.274. The highest BCUT2D eigenvalue weighted by Gasteiger charge is 2.12. The van der Waals surface area contributed by atoms with E-state index in [9.17, 15) is 9.59 Å². The zero-order chi connectivity index (χ0) is 19.1. The van der Waals surface area contributed by atoms with Gasteiger partial charge in [0.05, 0.1) is 0 Å². The van der Waals surface area contributed by atoms with Crippen molar-refractivity contribution in [1.29, 1.82) is 0 Å². The van der Waals surface area contributed by atoms with Crippen molar-refractivity contribution in [1.82, 2.24) is 4.98 Å². The van der Waals surface area contributed by atoms with Gasteiger partial charge in [-0.1, -0.05) is 43.7 Å². The largest absolute Gasteiger partial charge is 0.514 e. The molecule has 0 spiro atoms. The van der Waals surface area contributed by atoms with E-state index in [1.54, 1.807) is 12.1 Å². The topological polar surface area (TPSA) is 77.6 Å². The Morgan fingerprint density at radius 2 is 1.85 bits per heavy atom. The number of aromatic nitrogens is 1. The number of carbonyl (C=O) groups is 2. The van der Waals surface area contributed by atoms with Crippen molar-refractivity contribution in [3.05, 3.63) is 65.9 Å². The Hall–Kier alpha value is -3.28. The van der Waals surface area contributed by atoms with E-state index in [1.165, 1.54) is 0 Å². The van der Waals surface area contributed by atoms with Gasteiger partial charge in [0.2, 0.25) is 0 Å². The molecule has 3 aromatic rings. The molecular weight excluding hydrogens is 346 g/mol. The summed E-state index contributed by atoms with van der Waals surface area (Å²) < 4.78 is 15.0. The lowest BCUT2D eigenvalue weighted by Crippen LogP contribution is -2.18. The Balaban J connectivity index is 1.49. The molecule has 0 amide bonds. The van der Waals surface area contributed by atoms with Crippen LogP contribution in [0.15, 0.2) is 54.7 Å². The summed E-state index contributed by atoms with van der Waals surface area (Å²) >= 11 is 0. The molecule has 140 valence electrons. The second-order valence-corrected chi connectivity index (χ2v) is 6.06. The van der Waals surface area contributed by atoms with Crippen LogP contribution in [0, 0.1) is 0 Å². The summed E-state index contributed by atoms with van der Waals surface area (Å²) in [6, 6.07) is 14.5. The van der Waals surface area contributed by atoms with Gasteiger partial charge in [-0.3, -0.25) is 0 Å². The Morgan fingerprint density at radius 1 is 1.04 bits per heavy atom. The molecule has 2 aromatic carbocycles. The van der Waals surface area contributed by atoms with Gasteiger partial charge in [-0.25, -0.2) is 9.59 Å². The van der Waals surface area contributed by atoms with Crippen molar-refractivity contribution >= 4 is 23.0 Å². The van der Waals surface area contributed by atoms with Crippen molar-refractivity contribution < 1.29 is 23.8 Å². The predicted octanol–water partition coefficient (Wildman–Crippen LogP) is 4.38. The molecule has 0 saturated carbocycles. The number of nitrogens with one attached hydrogen (secondary N) is 1. The lowest BCUT2D eigenvalue weighted by Gasteiger charge is -2.07. The van der Waals surface area contributed by atoms with Crippen molar-refractivity contribution in [3.63, 3.8) is 0 Å². The second kappa shape index (κ2) is 8.89. The van der Waals surface area contributed by atoms with Crippen LogP contribution in [0.25, 0.3) is 10.9 Å². The molecule has 0 fully saturated rings. The van der Waals surface area contributed by atoms with Crippen molar-refractivity contribution in [2.24, 2.45) is 0 Å². The number of carbonyl (C=O) groups excluding carboxylic acids is 2. The molecule has 0 radical (unpaired) electrons. The Labute approximate surface area is 157 Å². The summed E-state index contributed by atoms with van der Waals surface area (Å²) in [4.78, 5) is 26.7. The molecule has 0 unspecified atom stereocenters. The molecule has 27 heavy (non-hydrogen) atoms. The fourth-order valence-electron chi connectivity index (χ4n) is 2.72. The maximum Gasteiger partial charge on any atom is 0.514 e. The minimum atomic E-state index is -0.946. The van der Waals surface area contributed by atoms with E-state index in [4.69, 9.17) is 14.2 Å². The van der Waals surface area contributed by atoms with Crippen molar-refractivity contribution in [2.75, 3.05) is 6.61 Å². The Bertz CT molecular complexity index is 917. The van der Waals surface area contributed by atoms with Gasteiger partial charge in [-0.2, -0.15) is 0 Å². The highest BCUT2D eigenvalue weighted by molar-refractivity contribution is 5.85. The molecular formula is C21H21NO5. The highest BCUT2D eigenvalue weighted by atomic mass is 16.7.